The summed E-state index contributed by atoms with van der Waals surface area (Å²) in [5.41, 5.74) is 0.836. The Balaban J connectivity index is 2.49. The lowest BCUT2D eigenvalue weighted by molar-refractivity contribution is 0.266. The van der Waals surface area contributed by atoms with Crippen molar-refractivity contribution in [3.8, 4) is 0 Å². The first-order valence-corrected chi connectivity index (χ1v) is 7.28. The lowest BCUT2D eigenvalue weighted by Crippen LogP contribution is -1.87. The quantitative estimate of drug-likeness (QED) is 0.819. The van der Waals surface area contributed by atoms with Crippen molar-refractivity contribution < 1.29 is 14.0 Å². The van der Waals surface area contributed by atoms with E-state index in [0.717, 1.165) is 5.56 Å². The van der Waals surface area contributed by atoms with Gasteiger partial charge in [-0.2, -0.15) is 0 Å². The molecule has 0 spiro atoms. The van der Waals surface area contributed by atoms with Gasteiger partial charge >= 0.3 is 6.80 Å². The lowest BCUT2D eigenvalue weighted by Gasteiger charge is -2.06. The smallest absolute Gasteiger partial charge is 0.316 e. The van der Waals surface area contributed by atoms with Gasteiger partial charge in [-0.05, 0) is 16.2 Å². The van der Waals surface area contributed by atoms with E-state index < -0.39 is 6.80 Å². The Morgan fingerprint density at radius 1 is 1.46 bits per heavy atom. The minimum atomic E-state index is -3.66. The van der Waals surface area contributed by atoms with Gasteiger partial charge in [0.1, 0.15) is 0 Å². The SMILES string of the molecule is O=P(O)(OCc1ccccc1)SCl. The highest BCUT2D eigenvalue weighted by Crippen LogP contribution is 2.58. The van der Waals surface area contributed by atoms with Gasteiger partial charge in [-0.1, -0.05) is 30.3 Å². The summed E-state index contributed by atoms with van der Waals surface area (Å²) in [4.78, 5) is 8.95. The molecule has 0 fully saturated rings. The van der Waals surface area contributed by atoms with E-state index in [-0.39, 0.29) is 6.61 Å². The van der Waals surface area contributed by atoms with Crippen LogP contribution in [0, 0.1) is 0 Å². The van der Waals surface area contributed by atoms with E-state index in [2.05, 4.69) is 0 Å². The average molecular weight is 239 g/mol. The van der Waals surface area contributed by atoms with Gasteiger partial charge in [0, 0.05) is 0 Å². The van der Waals surface area contributed by atoms with Crippen LogP contribution in [-0.2, 0) is 15.7 Å². The van der Waals surface area contributed by atoms with Gasteiger partial charge in [-0.3, -0.25) is 4.52 Å². The predicted octanol–water partition coefficient (Wildman–Crippen LogP) is 3.19. The summed E-state index contributed by atoms with van der Waals surface area (Å²) in [7, 11) is 5.45. The summed E-state index contributed by atoms with van der Waals surface area (Å²) < 4.78 is 15.6. The Kier molecular flexibility index (Phi) is 4.29. The molecule has 0 aliphatic rings. The molecule has 1 aromatic carbocycles. The molecule has 0 saturated heterocycles. The lowest BCUT2D eigenvalue weighted by atomic mass is 10.2. The molecule has 0 saturated carbocycles. The van der Waals surface area contributed by atoms with Gasteiger partial charge in [0.25, 0.3) is 0 Å². The molecule has 1 aromatic rings. The van der Waals surface area contributed by atoms with E-state index in [1.165, 1.54) is 0 Å². The van der Waals surface area contributed by atoms with Crippen LogP contribution in [-0.4, -0.2) is 4.89 Å². The topological polar surface area (TPSA) is 46.5 Å². The first kappa shape index (κ1) is 11.1. The van der Waals surface area contributed by atoms with Crippen LogP contribution < -0.4 is 0 Å². The van der Waals surface area contributed by atoms with Crippen LogP contribution in [0.25, 0.3) is 0 Å². The molecule has 72 valence electrons. The van der Waals surface area contributed by atoms with Gasteiger partial charge in [-0.25, -0.2) is 4.57 Å². The molecule has 0 aromatic heterocycles. The summed E-state index contributed by atoms with van der Waals surface area (Å²) in [6.45, 7) is -3.57. The van der Waals surface area contributed by atoms with Crippen LogP contribution in [0.15, 0.2) is 30.3 Å². The second-order valence-corrected chi connectivity index (χ2v) is 6.67. The maximum absolute atomic E-state index is 10.9. The van der Waals surface area contributed by atoms with E-state index in [4.69, 9.17) is 20.1 Å². The summed E-state index contributed by atoms with van der Waals surface area (Å²) in [5, 5.41) is 0. The number of rotatable bonds is 4. The summed E-state index contributed by atoms with van der Waals surface area (Å²) in [5.74, 6) is 0. The molecule has 3 nitrogen and oxygen atoms in total. The molecule has 0 bridgehead atoms. The molecule has 0 aliphatic carbocycles. The summed E-state index contributed by atoms with van der Waals surface area (Å²) >= 11 is 0. The molecule has 0 radical (unpaired) electrons. The minimum absolute atomic E-state index is 0.0916. The van der Waals surface area contributed by atoms with Crippen LogP contribution in [0.5, 0.6) is 0 Å². The Hall–Kier alpha value is 0.01000. The summed E-state index contributed by atoms with van der Waals surface area (Å²) in [6, 6.07) is 9.12. The number of halogens is 1. The van der Waals surface area contributed by atoms with E-state index in [0.29, 0.717) is 10.6 Å². The Morgan fingerprint density at radius 2 is 2.08 bits per heavy atom. The maximum atomic E-state index is 10.9. The minimum Gasteiger partial charge on any atom is -0.316 e. The van der Waals surface area contributed by atoms with Gasteiger partial charge in [0.05, 0.1) is 17.2 Å². The van der Waals surface area contributed by atoms with Crippen molar-refractivity contribution in [3.05, 3.63) is 35.9 Å². The second-order valence-electron chi connectivity index (χ2n) is 2.30. The van der Waals surface area contributed by atoms with Crippen molar-refractivity contribution >= 4 is 28.1 Å². The average Bonchev–Trinajstić information content (AvgIpc) is 2.17. The van der Waals surface area contributed by atoms with Gasteiger partial charge in [0.15, 0.2) is 0 Å². The van der Waals surface area contributed by atoms with Crippen LogP contribution in [0.2, 0.25) is 0 Å². The highest BCUT2D eigenvalue weighted by Gasteiger charge is 2.18. The van der Waals surface area contributed by atoms with Gasteiger partial charge in [-0.15, -0.1) is 0 Å². The standard InChI is InChI=1S/C7H8ClO3PS/c8-13-12(9,10)11-6-7-4-2-1-3-5-7/h1-5H,6H2,(H,9,10). The van der Waals surface area contributed by atoms with Crippen molar-refractivity contribution in [2.24, 2.45) is 0 Å². The third-order valence-corrected chi connectivity index (χ3v) is 4.36. The highest BCUT2D eigenvalue weighted by molar-refractivity contribution is 8.66. The molecule has 13 heavy (non-hydrogen) atoms. The highest BCUT2D eigenvalue weighted by atomic mass is 35.7. The zero-order valence-electron chi connectivity index (χ0n) is 6.59. The molecular weight excluding hydrogens is 231 g/mol. The maximum Gasteiger partial charge on any atom is 0.402 e. The van der Waals surface area contributed by atoms with Crippen molar-refractivity contribution in [2.45, 2.75) is 6.61 Å². The molecular formula is C7H8ClO3PS. The molecule has 1 rings (SSSR count). The molecule has 0 aliphatic heterocycles. The fourth-order valence-corrected chi connectivity index (χ4v) is 1.74. The normalized spacial score (nSPS) is 15.2. The second kappa shape index (κ2) is 5.03. The van der Waals surface area contributed by atoms with Crippen LogP contribution in [0.1, 0.15) is 5.56 Å². The number of benzene rings is 1. The van der Waals surface area contributed by atoms with E-state index in [1.807, 2.05) is 18.2 Å². The van der Waals surface area contributed by atoms with Crippen LogP contribution in [0.4, 0.5) is 0 Å². The predicted molar refractivity (Wildman–Crippen MR) is 54.5 cm³/mol. The molecule has 1 unspecified atom stereocenters. The monoisotopic (exact) mass is 238 g/mol. The number of hydrogen-bond acceptors (Lipinski definition) is 3. The third kappa shape index (κ3) is 4.16. The van der Waals surface area contributed by atoms with Crippen molar-refractivity contribution in [1.82, 2.24) is 0 Å². The zero-order valence-corrected chi connectivity index (χ0v) is 9.06. The Bertz CT molecular complexity index is 306. The van der Waals surface area contributed by atoms with Crippen molar-refractivity contribution in [1.29, 1.82) is 0 Å². The fourth-order valence-electron chi connectivity index (χ4n) is 0.750. The molecule has 0 amide bonds. The van der Waals surface area contributed by atoms with Crippen molar-refractivity contribution in [2.75, 3.05) is 0 Å². The van der Waals surface area contributed by atoms with Gasteiger partial charge < -0.3 is 4.89 Å². The first-order valence-electron chi connectivity index (χ1n) is 3.45. The third-order valence-electron chi connectivity index (χ3n) is 1.32. The first-order chi connectivity index (χ1) is 6.14. The van der Waals surface area contributed by atoms with E-state index in [9.17, 15) is 4.57 Å². The van der Waals surface area contributed by atoms with E-state index in [1.54, 1.807) is 12.1 Å². The molecule has 1 N–H and O–H groups in total. The van der Waals surface area contributed by atoms with Crippen LogP contribution in [0.3, 0.4) is 0 Å². The zero-order chi connectivity index (χ0) is 9.73. The molecule has 1 atom stereocenters. The molecule has 6 heteroatoms. The molecule has 0 heterocycles. The Morgan fingerprint density at radius 3 is 2.62 bits per heavy atom. The fraction of sp³-hybridized carbons (Fsp3) is 0.143. The largest absolute Gasteiger partial charge is 0.402 e. The Labute approximate surface area is 84.8 Å². The summed E-state index contributed by atoms with van der Waals surface area (Å²) in [6.07, 6.45) is 0. The number of hydrogen-bond donors (Lipinski definition) is 1. The van der Waals surface area contributed by atoms with Gasteiger partial charge in [0.2, 0.25) is 0 Å². The van der Waals surface area contributed by atoms with E-state index >= 15 is 0 Å². The van der Waals surface area contributed by atoms with Crippen LogP contribution >= 0.6 is 28.1 Å². The van der Waals surface area contributed by atoms with Crippen molar-refractivity contribution in [3.63, 3.8) is 0 Å².